The number of likely N-dealkylation sites (tertiary alicyclic amines) is 1. The first-order chi connectivity index (χ1) is 15.0. The number of nitrogens with zero attached hydrogens (tertiary/aromatic N) is 4. The number of carbonyl (C=O) groups is 1. The van der Waals surface area contributed by atoms with Gasteiger partial charge in [0.1, 0.15) is 5.82 Å². The van der Waals surface area contributed by atoms with Crippen LogP contribution in [0.15, 0.2) is 29.3 Å². The summed E-state index contributed by atoms with van der Waals surface area (Å²) in [4.78, 5) is 23.5. The average molecular weight is 433 g/mol. The van der Waals surface area contributed by atoms with Gasteiger partial charge in [-0.15, -0.1) is 0 Å². The third-order valence-corrected chi connectivity index (χ3v) is 6.28. The minimum atomic E-state index is -0.226. The summed E-state index contributed by atoms with van der Waals surface area (Å²) in [5.41, 5.74) is 1.00. The van der Waals surface area contributed by atoms with Crippen molar-refractivity contribution < 1.29 is 9.18 Å². The van der Waals surface area contributed by atoms with Gasteiger partial charge in [0.2, 0.25) is 5.91 Å². The van der Waals surface area contributed by atoms with Crippen molar-refractivity contribution in [3.8, 4) is 0 Å². The zero-order chi connectivity index (χ0) is 22.2. The lowest BCUT2D eigenvalue weighted by molar-refractivity contribution is -0.131. The Labute approximate surface area is 185 Å². The van der Waals surface area contributed by atoms with Crippen molar-refractivity contribution in [2.24, 2.45) is 4.99 Å². The molecule has 0 atom stereocenters. The van der Waals surface area contributed by atoms with Crippen LogP contribution in [0.25, 0.3) is 0 Å². The van der Waals surface area contributed by atoms with Crippen LogP contribution in [0.2, 0.25) is 0 Å². The van der Waals surface area contributed by atoms with E-state index >= 15 is 0 Å². The van der Waals surface area contributed by atoms with Gasteiger partial charge in [-0.25, -0.2) is 4.39 Å². The molecule has 1 aromatic carbocycles. The van der Waals surface area contributed by atoms with E-state index in [1.165, 1.54) is 12.1 Å². The number of amides is 1. The van der Waals surface area contributed by atoms with E-state index in [-0.39, 0.29) is 11.7 Å². The number of halogens is 1. The number of anilines is 1. The molecule has 0 unspecified atom stereocenters. The Morgan fingerprint density at radius 2 is 1.74 bits per heavy atom. The maximum absolute atomic E-state index is 13.1. The lowest BCUT2D eigenvalue weighted by Gasteiger charge is -2.36. The first-order valence-corrected chi connectivity index (χ1v) is 11.5. The number of rotatable bonds is 6. The van der Waals surface area contributed by atoms with Gasteiger partial charge in [-0.3, -0.25) is 9.79 Å². The summed E-state index contributed by atoms with van der Waals surface area (Å²) in [5.74, 6) is 0.708. The van der Waals surface area contributed by atoms with Crippen LogP contribution >= 0.6 is 0 Å². The normalized spacial score (nSPS) is 19.1. The molecule has 0 aromatic heterocycles. The summed E-state index contributed by atoms with van der Waals surface area (Å²) in [6.07, 6.45) is 2.66. The van der Waals surface area contributed by atoms with Crippen LogP contribution in [-0.2, 0) is 4.79 Å². The molecule has 2 aliphatic heterocycles. The van der Waals surface area contributed by atoms with Crippen molar-refractivity contribution >= 4 is 17.6 Å². The Bertz CT molecular complexity index is 722. The zero-order valence-electron chi connectivity index (χ0n) is 19.1. The fraction of sp³-hybridized carbons (Fsp3) is 0.652. The molecular weight excluding hydrogens is 395 g/mol. The number of piperidine rings is 1. The summed E-state index contributed by atoms with van der Waals surface area (Å²) < 4.78 is 13.1. The molecule has 8 heteroatoms. The smallest absolute Gasteiger partial charge is 0.224 e. The lowest BCUT2D eigenvalue weighted by Crippen LogP contribution is -2.51. The Kier molecular flexibility index (Phi) is 8.51. The van der Waals surface area contributed by atoms with E-state index in [9.17, 15) is 9.18 Å². The minimum absolute atomic E-state index is 0.159. The van der Waals surface area contributed by atoms with Crippen LogP contribution in [0, 0.1) is 5.82 Å². The van der Waals surface area contributed by atoms with Crippen molar-refractivity contribution in [2.75, 3.05) is 57.8 Å². The predicted octanol–water partition coefficient (Wildman–Crippen LogP) is 1.90. The molecule has 1 aromatic rings. The van der Waals surface area contributed by atoms with Crippen LogP contribution in [0.3, 0.4) is 0 Å². The highest BCUT2D eigenvalue weighted by atomic mass is 19.1. The highest BCUT2D eigenvalue weighted by Crippen LogP contribution is 2.17. The maximum atomic E-state index is 13.1. The maximum Gasteiger partial charge on any atom is 0.224 e. The van der Waals surface area contributed by atoms with Gasteiger partial charge < -0.3 is 25.3 Å². The predicted molar refractivity (Wildman–Crippen MR) is 124 cm³/mol. The van der Waals surface area contributed by atoms with E-state index in [1.54, 1.807) is 19.2 Å². The summed E-state index contributed by atoms with van der Waals surface area (Å²) in [6, 6.07) is 7.57. The molecule has 3 rings (SSSR count). The van der Waals surface area contributed by atoms with Gasteiger partial charge >= 0.3 is 0 Å². The molecular formula is C23H37FN6O. The van der Waals surface area contributed by atoms with Gasteiger partial charge in [0, 0.05) is 77.1 Å². The second-order valence-electron chi connectivity index (χ2n) is 8.64. The Hall–Kier alpha value is -2.35. The molecule has 2 N–H and O–H groups in total. The Morgan fingerprint density at radius 3 is 2.32 bits per heavy atom. The number of piperazine rings is 1. The van der Waals surface area contributed by atoms with Crippen molar-refractivity contribution in [3.63, 3.8) is 0 Å². The summed E-state index contributed by atoms with van der Waals surface area (Å²) in [6.45, 7) is 10.2. The molecule has 172 valence electrons. The molecule has 2 fully saturated rings. The van der Waals surface area contributed by atoms with Gasteiger partial charge in [-0.1, -0.05) is 0 Å². The molecule has 2 heterocycles. The quantitative estimate of drug-likeness (QED) is 0.531. The van der Waals surface area contributed by atoms with Gasteiger partial charge in [0.15, 0.2) is 5.96 Å². The molecule has 0 aliphatic carbocycles. The van der Waals surface area contributed by atoms with Crippen molar-refractivity contribution in [3.05, 3.63) is 30.1 Å². The monoisotopic (exact) mass is 432 g/mol. The third kappa shape index (κ3) is 6.82. The molecule has 2 aliphatic rings. The summed E-state index contributed by atoms with van der Waals surface area (Å²) in [7, 11) is 1.77. The van der Waals surface area contributed by atoms with Crippen molar-refractivity contribution in [2.45, 2.75) is 45.2 Å². The van der Waals surface area contributed by atoms with Gasteiger partial charge in [-0.2, -0.15) is 0 Å². The summed E-state index contributed by atoms with van der Waals surface area (Å²) >= 11 is 0. The number of aliphatic imine (C=N–C) groups is 1. The highest BCUT2D eigenvalue weighted by Gasteiger charge is 2.23. The standard InChI is InChI=1S/C23H37FN6O/c1-18(2)28-12-9-20(10-13-28)27-23(25-3)26-11-8-22(31)30-16-14-29(15-17-30)21-6-4-19(24)5-7-21/h4-7,18,20H,8-17H2,1-3H3,(H2,25,26,27). The third-order valence-electron chi connectivity index (χ3n) is 6.28. The molecule has 2 saturated heterocycles. The van der Waals surface area contributed by atoms with E-state index < -0.39 is 0 Å². The van der Waals surface area contributed by atoms with Crippen LogP contribution in [0.1, 0.15) is 33.1 Å². The summed E-state index contributed by atoms with van der Waals surface area (Å²) in [5, 5.41) is 6.79. The van der Waals surface area contributed by atoms with Crippen LogP contribution in [-0.4, -0.2) is 86.6 Å². The van der Waals surface area contributed by atoms with E-state index in [0.29, 0.717) is 38.1 Å². The number of guanidine groups is 1. The van der Waals surface area contributed by atoms with E-state index in [0.717, 1.165) is 50.7 Å². The molecule has 0 bridgehead atoms. The van der Waals surface area contributed by atoms with Gasteiger partial charge in [0.05, 0.1) is 0 Å². The number of benzene rings is 1. The van der Waals surface area contributed by atoms with Gasteiger partial charge in [-0.05, 0) is 51.0 Å². The first-order valence-electron chi connectivity index (χ1n) is 11.5. The lowest BCUT2D eigenvalue weighted by atomic mass is 10.0. The number of carbonyl (C=O) groups excluding carboxylic acids is 1. The number of hydrogen-bond donors (Lipinski definition) is 2. The fourth-order valence-corrected chi connectivity index (χ4v) is 4.26. The minimum Gasteiger partial charge on any atom is -0.368 e. The zero-order valence-corrected chi connectivity index (χ0v) is 19.1. The van der Waals surface area contributed by atoms with Crippen molar-refractivity contribution in [1.82, 2.24) is 20.4 Å². The van der Waals surface area contributed by atoms with Gasteiger partial charge in [0.25, 0.3) is 0 Å². The van der Waals surface area contributed by atoms with E-state index in [2.05, 4.69) is 39.3 Å². The van der Waals surface area contributed by atoms with E-state index in [1.807, 2.05) is 4.90 Å². The molecule has 1 amide bonds. The first kappa shape index (κ1) is 23.3. The topological polar surface area (TPSA) is 63.2 Å². The molecule has 31 heavy (non-hydrogen) atoms. The van der Waals surface area contributed by atoms with Crippen molar-refractivity contribution in [1.29, 1.82) is 0 Å². The van der Waals surface area contributed by atoms with Crippen LogP contribution in [0.4, 0.5) is 10.1 Å². The Balaban J connectivity index is 1.34. The molecule has 0 saturated carbocycles. The molecule has 0 spiro atoms. The second kappa shape index (κ2) is 11.3. The van der Waals surface area contributed by atoms with Crippen LogP contribution in [0.5, 0.6) is 0 Å². The second-order valence-corrected chi connectivity index (χ2v) is 8.64. The van der Waals surface area contributed by atoms with Crippen LogP contribution < -0.4 is 15.5 Å². The Morgan fingerprint density at radius 1 is 1.10 bits per heavy atom. The largest absolute Gasteiger partial charge is 0.368 e. The number of hydrogen-bond acceptors (Lipinski definition) is 4. The molecule has 7 nitrogen and oxygen atoms in total. The average Bonchev–Trinajstić information content (AvgIpc) is 2.79. The SMILES string of the molecule is CN=C(NCCC(=O)N1CCN(c2ccc(F)cc2)CC1)NC1CCN(C(C)C)CC1. The molecule has 0 radical (unpaired) electrons. The highest BCUT2D eigenvalue weighted by molar-refractivity contribution is 5.81. The number of nitrogens with one attached hydrogen (secondary N) is 2. The van der Waals surface area contributed by atoms with E-state index in [4.69, 9.17) is 0 Å². The fourth-order valence-electron chi connectivity index (χ4n) is 4.26.